The van der Waals surface area contributed by atoms with Crippen LogP contribution in [0.15, 0.2) is 49.1 Å². The molecule has 1 aromatic heterocycles. The van der Waals surface area contributed by atoms with Crippen molar-refractivity contribution in [1.29, 1.82) is 0 Å². The summed E-state index contributed by atoms with van der Waals surface area (Å²) in [6.07, 6.45) is 6.44. The van der Waals surface area contributed by atoms with Gasteiger partial charge in [0, 0.05) is 31.5 Å². The van der Waals surface area contributed by atoms with E-state index in [-0.39, 0.29) is 0 Å². The van der Waals surface area contributed by atoms with Crippen molar-refractivity contribution in [1.82, 2.24) is 14.5 Å². The summed E-state index contributed by atoms with van der Waals surface area (Å²) in [6.45, 7) is 5.85. The Balaban J connectivity index is 1.43. The molecule has 1 aliphatic heterocycles. The highest BCUT2D eigenvalue weighted by molar-refractivity contribution is 5.13. The van der Waals surface area contributed by atoms with Crippen molar-refractivity contribution >= 4 is 0 Å². The van der Waals surface area contributed by atoms with E-state index < -0.39 is 6.10 Å². The van der Waals surface area contributed by atoms with Gasteiger partial charge in [0.25, 0.3) is 0 Å². The smallest absolute Gasteiger partial charge is 0.0949 e. The standard InChI is InChI=1S/C19H27N3O2/c1-16-7-9-21(12-19(16)22-10-8-20-15-22)11-18(23)14-24-13-17-5-3-2-4-6-17/h2-6,8,10,15-16,18-19,23H,7,9,11-14H2,1H3. The Morgan fingerprint density at radius 2 is 2.17 bits per heavy atom. The molecule has 2 aromatic rings. The first-order valence-corrected chi connectivity index (χ1v) is 8.72. The van der Waals surface area contributed by atoms with Crippen LogP contribution in [0.3, 0.4) is 0 Å². The summed E-state index contributed by atoms with van der Waals surface area (Å²) in [7, 11) is 0. The second-order valence-electron chi connectivity index (χ2n) is 6.76. The molecule has 3 unspecified atom stereocenters. The van der Waals surface area contributed by atoms with E-state index in [0.717, 1.165) is 25.1 Å². The molecule has 0 aliphatic carbocycles. The molecule has 0 bridgehead atoms. The number of ether oxygens (including phenoxy) is 1. The molecule has 0 saturated carbocycles. The molecule has 3 atom stereocenters. The molecule has 1 saturated heterocycles. The van der Waals surface area contributed by atoms with Crippen LogP contribution >= 0.6 is 0 Å². The zero-order valence-electron chi connectivity index (χ0n) is 14.3. The fourth-order valence-corrected chi connectivity index (χ4v) is 3.37. The summed E-state index contributed by atoms with van der Waals surface area (Å²) in [5, 5.41) is 10.3. The number of hydrogen-bond donors (Lipinski definition) is 1. The fraction of sp³-hybridized carbons (Fsp3) is 0.526. The third-order valence-electron chi connectivity index (χ3n) is 4.80. The Morgan fingerprint density at radius 1 is 1.33 bits per heavy atom. The van der Waals surface area contributed by atoms with E-state index in [2.05, 4.69) is 21.4 Å². The number of benzene rings is 1. The molecule has 0 amide bonds. The van der Waals surface area contributed by atoms with Crippen molar-refractivity contribution in [3.8, 4) is 0 Å². The Kier molecular flexibility index (Phi) is 6.01. The van der Waals surface area contributed by atoms with Crippen LogP contribution in [0.5, 0.6) is 0 Å². The average molecular weight is 329 g/mol. The zero-order chi connectivity index (χ0) is 16.8. The van der Waals surface area contributed by atoms with E-state index in [0.29, 0.717) is 31.7 Å². The van der Waals surface area contributed by atoms with Crippen LogP contribution in [0.25, 0.3) is 0 Å². The molecular formula is C19H27N3O2. The highest BCUT2D eigenvalue weighted by Crippen LogP contribution is 2.27. The van der Waals surface area contributed by atoms with Crippen LogP contribution in [0.4, 0.5) is 0 Å². The maximum Gasteiger partial charge on any atom is 0.0949 e. The molecule has 1 aromatic carbocycles. The predicted octanol–water partition coefficient (Wildman–Crippen LogP) is 2.34. The third kappa shape index (κ3) is 4.66. The molecule has 2 heterocycles. The van der Waals surface area contributed by atoms with E-state index in [1.165, 1.54) is 0 Å². The summed E-state index contributed by atoms with van der Waals surface area (Å²) < 4.78 is 7.84. The van der Waals surface area contributed by atoms with Crippen molar-refractivity contribution in [3.63, 3.8) is 0 Å². The van der Waals surface area contributed by atoms with Gasteiger partial charge in [0.2, 0.25) is 0 Å². The molecule has 5 nitrogen and oxygen atoms in total. The molecule has 1 N–H and O–H groups in total. The first kappa shape index (κ1) is 17.1. The Morgan fingerprint density at radius 3 is 2.92 bits per heavy atom. The molecule has 3 rings (SSSR count). The van der Waals surface area contributed by atoms with Gasteiger partial charge in [0.15, 0.2) is 0 Å². The van der Waals surface area contributed by atoms with Crippen molar-refractivity contribution in [2.75, 3.05) is 26.2 Å². The number of hydrogen-bond acceptors (Lipinski definition) is 4. The molecule has 130 valence electrons. The second-order valence-corrected chi connectivity index (χ2v) is 6.76. The Labute approximate surface area is 143 Å². The largest absolute Gasteiger partial charge is 0.389 e. The van der Waals surface area contributed by atoms with E-state index >= 15 is 0 Å². The van der Waals surface area contributed by atoms with Crippen molar-refractivity contribution in [2.45, 2.75) is 32.1 Å². The van der Waals surface area contributed by atoms with Gasteiger partial charge in [-0.15, -0.1) is 0 Å². The van der Waals surface area contributed by atoms with E-state index in [1.807, 2.05) is 49.1 Å². The normalized spacial score (nSPS) is 23.2. The lowest BCUT2D eigenvalue weighted by Gasteiger charge is -2.38. The predicted molar refractivity (Wildman–Crippen MR) is 93.6 cm³/mol. The van der Waals surface area contributed by atoms with Crippen LogP contribution in [-0.2, 0) is 11.3 Å². The highest BCUT2D eigenvalue weighted by atomic mass is 16.5. The first-order valence-electron chi connectivity index (χ1n) is 8.72. The number of aliphatic hydroxyl groups is 1. The number of β-amino-alcohol motifs (C(OH)–C–C–N with tert-alkyl or cyclic N) is 1. The average Bonchev–Trinajstić information content (AvgIpc) is 3.12. The molecule has 0 radical (unpaired) electrons. The van der Waals surface area contributed by atoms with Gasteiger partial charge in [-0.25, -0.2) is 4.98 Å². The number of piperidine rings is 1. The minimum atomic E-state index is -0.453. The maximum absolute atomic E-state index is 10.3. The molecule has 24 heavy (non-hydrogen) atoms. The van der Waals surface area contributed by atoms with Crippen molar-refractivity contribution < 1.29 is 9.84 Å². The topological polar surface area (TPSA) is 50.5 Å². The lowest BCUT2D eigenvalue weighted by atomic mass is 9.93. The molecular weight excluding hydrogens is 302 g/mol. The monoisotopic (exact) mass is 329 g/mol. The molecule has 1 aliphatic rings. The first-order chi connectivity index (χ1) is 11.7. The number of nitrogens with zero attached hydrogens (tertiary/aromatic N) is 3. The summed E-state index contributed by atoms with van der Waals surface area (Å²) in [5.41, 5.74) is 1.14. The van der Waals surface area contributed by atoms with Gasteiger partial charge in [0.1, 0.15) is 0 Å². The van der Waals surface area contributed by atoms with Gasteiger partial charge in [-0.1, -0.05) is 37.3 Å². The number of aromatic nitrogens is 2. The highest BCUT2D eigenvalue weighted by Gasteiger charge is 2.28. The summed E-state index contributed by atoms with van der Waals surface area (Å²) in [6, 6.07) is 10.5. The Hall–Kier alpha value is -1.69. The van der Waals surface area contributed by atoms with Gasteiger partial charge in [0.05, 0.1) is 25.6 Å². The zero-order valence-corrected chi connectivity index (χ0v) is 14.3. The van der Waals surface area contributed by atoms with E-state index in [1.54, 1.807) is 0 Å². The van der Waals surface area contributed by atoms with Crippen molar-refractivity contribution in [3.05, 3.63) is 54.6 Å². The number of likely N-dealkylation sites (tertiary alicyclic amines) is 1. The maximum atomic E-state index is 10.3. The van der Waals surface area contributed by atoms with Gasteiger partial charge in [-0.2, -0.15) is 0 Å². The van der Waals surface area contributed by atoms with Crippen LogP contribution < -0.4 is 0 Å². The molecule has 5 heteroatoms. The Bertz CT molecular complexity index is 588. The third-order valence-corrected chi connectivity index (χ3v) is 4.80. The molecule has 1 fully saturated rings. The quantitative estimate of drug-likeness (QED) is 0.847. The van der Waals surface area contributed by atoms with Crippen LogP contribution in [0.1, 0.15) is 24.9 Å². The van der Waals surface area contributed by atoms with E-state index in [9.17, 15) is 5.11 Å². The minimum absolute atomic E-state index is 0.372. The second kappa shape index (κ2) is 8.42. The number of aliphatic hydroxyl groups excluding tert-OH is 1. The van der Waals surface area contributed by atoms with E-state index in [4.69, 9.17) is 4.74 Å². The summed E-state index contributed by atoms with van der Waals surface area (Å²) in [4.78, 5) is 6.50. The van der Waals surface area contributed by atoms with Crippen molar-refractivity contribution in [2.24, 2.45) is 5.92 Å². The molecule has 0 spiro atoms. The fourth-order valence-electron chi connectivity index (χ4n) is 3.37. The van der Waals surface area contributed by atoms with Crippen LogP contribution in [0, 0.1) is 5.92 Å². The lowest BCUT2D eigenvalue weighted by Crippen LogP contribution is -2.44. The van der Waals surface area contributed by atoms with Crippen LogP contribution in [-0.4, -0.2) is 51.9 Å². The summed E-state index contributed by atoms with van der Waals surface area (Å²) in [5.74, 6) is 0.627. The lowest BCUT2D eigenvalue weighted by molar-refractivity contribution is -0.000528. The van der Waals surface area contributed by atoms with Gasteiger partial charge < -0.3 is 14.4 Å². The SMILES string of the molecule is CC1CCN(CC(O)COCc2ccccc2)CC1n1ccnc1. The number of imidazole rings is 1. The van der Waals surface area contributed by atoms with Gasteiger partial charge >= 0.3 is 0 Å². The van der Waals surface area contributed by atoms with Gasteiger partial charge in [-0.3, -0.25) is 4.90 Å². The number of rotatable bonds is 7. The summed E-state index contributed by atoms with van der Waals surface area (Å²) >= 11 is 0. The van der Waals surface area contributed by atoms with Gasteiger partial charge in [-0.05, 0) is 24.4 Å². The van der Waals surface area contributed by atoms with Crippen LogP contribution in [0.2, 0.25) is 0 Å². The minimum Gasteiger partial charge on any atom is -0.389 e.